The molecule has 0 fully saturated rings. The van der Waals surface area contributed by atoms with Gasteiger partial charge in [-0.05, 0) is 55.7 Å². The lowest BCUT2D eigenvalue weighted by Gasteiger charge is -2.16. The maximum Gasteiger partial charge on any atom is 0.269 e. The van der Waals surface area contributed by atoms with Crippen LogP contribution in [0.2, 0.25) is 0 Å². The van der Waals surface area contributed by atoms with Crippen LogP contribution in [0.4, 0.5) is 5.69 Å². The van der Waals surface area contributed by atoms with Crippen molar-refractivity contribution >= 4 is 27.5 Å². The summed E-state index contributed by atoms with van der Waals surface area (Å²) < 4.78 is 24.9. The first kappa shape index (κ1) is 18.9. The Bertz CT molecular complexity index is 1030. The summed E-state index contributed by atoms with van der Waals surface area (Å²) in [5, 5.41) is 0. The van der Waals surface area contributed by atoms with Crippen LogP contribution in [0.15, 0.2) is 36.4 Å². The van der Waals surface area contributed by atoms with E-state index in [4.69, 9.17) is 0 Å². The second-order valence-electron chi connectivity index (χ2n) is 6.66. The number of fused-ring (bicyclic) bond motifs is 1. The van der Waals surface area contributed by atoms with Gasteiger partial charge in [0.15, 0.2) is 0 Å². The van der Waals surface area contributed by atoms with E-state index < -0.39 is 21.8 Å². The number of carbonyl (C=O) groups excluding carboxylic acids is 2. The maximum atomic E-state index is 12.3. The van der Waals surface area contributed by atoms with Crippen molar-refractivity contribution in [2.24, 2.45) is 0 Å². The highest BCUT2D eigenvalue weighted by molar-refractivity contribution is 7.92. The van der Waals surface area contributed by atoms with Gasteiger partial charge in [-0.3, -0.25) is 24.7 Å². The van der Waals surface area contributed by atoms with E-state index in [0.717, 1.165) is 22.9 Å². The Hall–Kier alpha value is -2.87. The summed E-state index contributed by atoms with van der Waals surface area (Å²) in [6, 6.07) is 10.2. The molecule has 0 saturated heterocycles. The van der Waals surface area contributed by atoms with E-state index in [1.807, 2.05) is 26.0 Å². The third-order valence-electron chi connectivity index (χ3n) is 4.51. The van der Waals surface area contributed by atoms with Crippen molar-refractivity contribution in [2.75, 3.05) is 17.1 Å². The van der Waals surface area contributed by atoms with E-state index in [-0.39, 0.29) is 0 Å². The fourth-order valence-electron chi connectivity index (χ4n) is 3.18. The number of benzene rings is 2. The predicted molar refractivity (Wildman–Crippen MR) is 103 cm³/mol. The quantitative estimate of drug-likeness (QED) is 0.784. The standard InChI is InChI=1S/C19H21N3O4S/c1-12-4-6-16(13(2)10-12)19(24)21-20-18(23)15-5-7-17-14(11-15)8-9-22(17)27(3,25)26/h4-7,10-11H,8-9H2,1-3H3,(H,20,23)(H,21,24). The zero-order valence-electron chi connectivity index (χ0n) is 15.4. The molecule has 8 heteroatoms. The van der Waals surface area contributed by atoms with E-state index in [9.17, 15) is 18.0 Å². The van der Waals surface area contributed by atoms with Gasteiger partial charge in [-0.1, -0.05) is 17.7 Å². The SMILES string of the molecule is Cc1ccc(C(=O)NNC(=O)c2ccc3c(c2)CCN3S(C)(=O)=O)c(C)c1. The highest BCUT2D eigenvalue weighted by Crippen LogP contribution is 2.30. The van der Waals surface area contributed by atoms with E-state index >= 15 is 0 Å². The molecule has 1 aliphatic rings. The molecule has 0 saturated carbocycles. The van der Waals surface area contributed by atoms with Crippen LogP contribution >= 0.6 is 0 Å². The van der Waals surface area contributed by atoms with Crippen LogP contribution in [0.3, 0.4) is 0 Å². The molecule has 3 rings (SSSR count). The monoisotopic (exact) mass is 387 g/mol. The summed E-state index contributed by atoms with van der Waals surface area (Å²) in [4.78, 5) is 24.6. The van der Waals surface area contributed by atoms with Gasteiger partial charge in [0.1, 0.15) is 0 Å². The molecule has 27 heavy (non-hydrogen) atoms. The van der Waals surface area contributed by atoms with Gasteiger partial charge in [0.2, 0.25) is 10.0 Å². The zero-order chi connectivity index (χ0) is 19.8. The van der Waals surface area contributed by atoms with Crippen molar-refractivity contribution in [2.45, 2.75) is 20.3 Å². The second-order valence-corrected chi connectivity index (χ2v) is 8.56. The van der Waals surface area contributed by atoms with Gasteiger partial charge in [-0.2, -0.15) is 0 Å². The minimum Gasteiger partial charge on any atom is -0.270 e. The van der Waals surface area contributed by atoms with E-state index in [0.29, 0.717) is 29.8 Å². The average Bonchev–Trinajstić information content (AvgIpc) is 3.02. The van der Waals surface area contributed by atoms with Gasteiger partial charge >= 0.3 is 0 Å². The molecule has 1 aliphatic heterocycles. The zero-order valence-corrected chi connectivity index (χ0v) is 16.2. The van der Waals surface area contributed by atoms with Gasteiger partial charge in [0.05, 0.1) is 11.9 Å². The molecule has 0 spiro atoms. The lowest BCUT2D eigenvalue weighted by atomic mass is 10.1. The minimum atomic E-state index is -3.33. The normalized spacial score (nSPS) is 13.2. The maximum absolute atomic E-state index is 12.3. The number of hydrazine groups is 1. The summed E-state index contributed by atoms with van der Waals surface area (Å²) in [5.74, 6) is -0.862. The number of anilines is 1. The predicted octanol–water partition coefficient (Wildman–Crippen LogP) is 1.70. The Balaban J connectivity index is 1.70. The van der Waals surface area contributed by atoms with Gasteiger partial charge < -0.3 is 0 Å². The molecule has 2 aromatic carbocycles. The lowest BCUT2D eigenvalue weighted by molar-refractivity contribution is 0.0846. The van der Waals surface area contributed by atoms with Crippen LogP contribution in [0.1, 0.15) is 37.4 Å². The summed E-state index contributed by atoms with van der Waals surface area (Å²) >= 11 is 0. The molecule has 0 radical (unpaired) electrons. The minimum absolute atomic E-state index is 0.352. The number of sulfonamides is 1. The van der Waals surface area contributed by atoms with E-state index in [1.54, 1.807) is 24.3 Å². The number of nitrogens with zero attached hydrogens (tertiary/aromatic N) is 1. The number of rotatable bonds is 3. The van der Waals surface area contributed by atoms with Crippen molar-refractivity contribution < 1.29 is 18.0 Å². The van der Waals surface area contributed by atoms with Gasteiger partial charge in [0, 0.05) is 17.7 Å². The second kappa shape index (κ2) is 7.03. The summed E-state index contributed by atoms with van der Waals surface area (Å²) in [6.07, 6.45) is 1.70. The first-order valence-corrected chi connectivity index (χ1v) is 10.3. The fraction of sp³-hybridized carbons (Fsp3) is 0.263. The smallest absolute Gasteiger partial charge is 0.269 e. The highest BCUT2D eigenvalue weighted by atomic mass is 32.2. The molecule has 7 nitrogen and oxygen atoms in total. The van der Waals surface area contributed by atoms with Crippen molar-refractivity contribution in [1.82, 2.24) is 10.9 Å². The summed E-state index contributed by atoms with van der Waals surface area (Å²) in [6.45, 7) is 4.13. The Kier molecular flexibility index (Phi) is 4.93. The molecule has 2 amide bonds. The third-order valence-corrected chi connectivity index (χ3v) is 5.69. The number of carbonyl (C=O) groups is 2. The average molecular weight is 387 g/mol. The fourth-order valence-corrected chi connectivity index (χ4v) is 4.14. The van der Waals surface area contributed by atoms with Crippen LogP contribution in [0.25, 0.3) is 0 Å². The summed E-state index contributed by atoms with van der Waals surface area (Å²) in [5.41, 5.74) is 8.90. The molecule has 0 aromatic heterocycles. The van der Waals surface area contributed by atoms with E-state index in [1.165, 1.54) is 4.31 Å². The summed E-state index contributed by atoms with van der Waals surface area (Å²) in [7, 11) is -3.33. The molecular weight excluding hydrogens is 366 g/mol. The Morgan fingerprint density at radius 3 is 2.37 bits per heavy atom. The van der Waals surface area contributed by atoms with Crippen molar-refractivity contribution in [3.8, 4) is 0 Å². The van der Waals surface area contributed by atoms with Gasteiger partial charge in [-0.25, -0.2) is 8.42 Å². The number of amides is 2. The Labute approximate surface area is 158 Å². The molecule has 2 N–H and O–H groups in total. The van der Waals surface area contributed by atoms with Crippen LogP contribution in [-0.2, 0) is 16.4 Å². The topological polar surface area (TPSA) is 95.6 Å². The number of aryl methyl sites for hydroxylation is 2. The molecule has 0 unspecified atom stereocenters. The molecule has 0 atom stereocenters. The largest absolute Gasteiger partial charge is 0.270 e. The Morgan fingerprint density at radius 1 is 1.00 bits per heavy atom. The van der Waals surface area contributed by atoms with Crippen molar-refractivity contribution in [3.63, 3.8) is 0 Å². The first-order valence-electron chi connectivity index (χ1n) is 8.45. The third kappa shape index (κ3) is 3.95. The van der Waals surface area contributed by atoms with Crippen LogP contribution in [0.5, 0.6) is 0 Å². The first-order chi connectivity index (χ1) is 12.7. The van der Waals surface area contributed by atoms with Crippen LogP contribution < -0.4 is 15.2 Å². The number of hydrogen-bond acceptors (Lipinski definition) is 4. The number of hydrogen-bond donors (Lipinski definition) is 2. The van der Waals surface area contributed by atoms with Crippen molar-refractivity contribution in [3.05, 3.63) is 64.2 Å². The molecule has 0 aliphatic carbocycles. The Morgan fingerprint density at radius 2 is 1.70 bits per heavy atom. The van der Waals surface area contributed by atoms with Gasteiger partial charge in [0.25, 0.3) is 11.8 Å². The lowest BCUT2D eigenvalue weighted by Crippen LogP contribution is -2.41. The van der Waals surface area contributed by atoms with Crippen LogP contribution in [-0.4, -0.2) is 33.0 Å². The van der Waals surface area contributed by atoms with Crippen LogP contribution in [0, 0.1) is 13.8 Å². The molecule has 142 valence electrons. The van der Waals surface area contributed by atoms with Gasteiger partial charge in [-0.15, -0.1) is 0 Å². The molecule has 1 heterocycles. The molecule has 2 aromatic rings. The van der Waals surface area contributed by atoms with Crippen molar-refractivity contribution in [1.29, 1.82) is 0 Å². The van der Waals surface area contributed by atoms with E-state index in [2.05, 4.69) is 10.9 Å². The number of nitrogens with one attached hydrogen (secondary N) is 2. The molecular formula is C19H21N3O4S. The molecule has 0 bridgehead atoms. The highest BCUT2D eigenvalue weighted by Gasteiger charge is 2.26.